The molecule has 0 radical (unpaired) electrons. The zero-order chi connectivity index (χ0) is 8.55. The molecule has 1 aliphatic heterocycles. The molecule has 2 heteroatoms. The summed E-state index contributed by atoms with van der Waals surface area (Å²) in [5, 5.41) is 9.47. The second-order valence-corrected chi connectivity index (χ2v) is 4.01. The van der Waals surface area contributed by atoms with Crippen molar-refractivity contribution in [1.82, 2.24) is 4.90 Å². The lowest BCUT2D eigenvalue weighted by atomic mass is 9.84. The summed E-state index contributed by atoms with van der Waals surface area (Å²) >= 11 is 0. The average molecular weight is 167 g/mol. The first-order valence-corrected chi connectivity index (χ1v) is 4.86. The molecule has 0 saturated carbocycles. The summed E-state index contributed by atoms with van der Waals surface area (Å²) in [5.41, 5.74) is 1.48. The molecular formula is C10H17NO. The van der Waals surface area contributed by atoms with Gasteiger partial charge >= 0.3 is 0 Å². The lowest BCUT2D eigenvalue weighted by Crippen LogP contribution is -2.34. The minimum atomic E-state index is -0.0785. The maximum atomic E-state index is 9.47. The minimum absolute atomic E-state index is 0.0785. The second-order valence-electron chi connectivity index (χ2n) is 4.01. The Hall–Kier alpha value is -0.500. The van der Waals surface area contributed by atoms with E-state index in [4.69, 9.17) is 0 Å². The zero-order valence-electron chi connectivity index (χ0n) is 7.66. The molecule has 2 unspecified atom stereocenters. The molecule has 12 heavy (non-hydrogen) atoms. The SMILES string of the molecule is CN1CCCC2CC(O)CC=C21. The number of hydrogen-bond acceptors (Lipinski definition) is 2. The van der Waals surface area contributed by atoms with Crippen LogP contribution in [0.4, 0.5) is 0 Å². The largest absolute Gasteiger partial charge is 0.393 e. The molecule has 1 fully saturated rings. The van der Waals surface area contributed by atoms with E-state index in [0.29, 0.717) is 5.92 Å². The van der Waals surface area contributed by atoms with Crippen LogP contribution in [0.25, 0.3) is 0 Å². The molecule has 0 aromatic carbocycles. The highest BCUT2D eigenvalue weighted by Gasteiger charge is 2.27. The number of aliphatic hydroxyl groups is 1. The monoisotopic (exact) mass is 167 g/mol. The number of likely N-dealkylation sites (tertiary alicyclic amines) is 1. The topological polar surface area (TPSA) is 23.5 Å². The number of aliphatic hydroxyl groups excluding tert-OH is 1. The molecule has 0 bridgehead atoms. The molecule has 0 amide bonds. The summed E-state index contributed by atoms with van der Waals surface area (Å²) in [7, 11) is 2.16. The Kier molecular flexibility index (Phi) is 2.09. The molecule has 0 aromatic rings. The fraction of sp³-hybridized carbons (Fsp3) is 0.800. The van der Waals surface area contributed by atoms with Gasteiger partial charge in [-0.1, -0.05) is 6.08 Å². The number of nitrogens with zero attached hydrogens (tertiary/aromatic N) is 1. The first-order valence-electron chi connectivity index (χ1n) is 4.86. The van der Waals surface area contributed by atoms with Crippen molar-refractivity contribution < 1.29 is 5.11 Å². The highest BCUT2D eigenvalue weighted by molar-refractivity contribution is 5.12. The Balaban J connectivity index is 2.14. The van der Waals surface area contributed by atoms with Gasteiger partial charge in [0.05, 0.1) is 6.10 Å². The Morgan fingerprint density at radius 2 is 2.42 bits per heavy atom. The number of hydrogen-bond donors (Lipinski definition) is 1. The van der Waals surface area contributed by atoms with Crippen LogP contribution in [0.3, 0.4) is 0 Å². The van der Waals surface area contributed by atoms with Crippen molar-refractivity contribution in [3.8, 4) is 0 Å². The molecule has 68 valence electrons. The molecule has 2 atom stereocenters. The molecular weight excluding hydrogens is 150 g/mol. The summed E-state index contributed by atoms with van der Waals surface area (Å²) < 4.78 is 0. The first-order chi connectivity index (χ1) is 5.77. The van der Waals surface area contributed by atoms with Crippen molar-refractivity contribution in [3.63, 3.8) is 0 Å². The van der Waals surface area contributed by atoms with Crippen LogP contribution in [-0.2, 0) is 0 Å². The molecule has 2 nitrogen and oxygen atoms in total. The first kappa shape index (κ1) is 8.11. The van der Waals surface area contributed by atoms with Gasteiger partial charge in [-0.05, 0) is 25.7 Å². The van der Waals surface area contributed by atoms with Crippen molar-refractivity contribution in [3.05, 3.63) is 11.8 Å². The van der Waals surface area contributed by atoms with Gasteiger partial charge in [0.1, 0.15) is 0 Å². The number of fused-ring (bicyclic) bond motifs is 1. The molecule has 2 aliphatic rings. The van der Waals surface area contributed by atoms with Crippen molar-refractivity contribution in [2.75, 3.05) is 13.6 Å². The van der Waals surface area contributed by atoms with Crippen molar-refractivity contribution in [2.45, 2.75) is 31.8 Å². The van der Waals surface area contributed by atoms with Crippen LogP contribution in [0.2, 0.25) is 0 Å². The molecule has 1 saturated heterocycles. The van der Waals surface area contributed by atoms with Crippen LogP contribution in [0.15, 0.2) is 11.8 Å². The summed E-state index contributed by atoms with van der Waals surface area (Å²) in [6.07, 6.45) is 6.54. The Bertz CT molecular complexity index is 200. The van der Waals surface area contributed by atoms with E-state index < -0.39 is 0 Å². The fourth-order valence-corrected chi connectivity index (χ4v) is 2.41. The van der Waals surface area contributed by atoms with E-state index >= 15 is 0 Å². The van der Waals surface area contributed by atoms with E-state index in [0.717, 1.165) is 12.8 Å². The standard InChI is InChI=1S/C10H17NO/c1-11-6-2-3-8-7-9(12)4-5-10(8)11/h5,8-9,12H,2-4,6-7H2,1H3. The Morgan fingerprint density at radius 3 is 3.25 bits per heavy atom. The maximum absolute atomic E-state index is 9.47. The van der Waals surface area contributed by atoms with E-state index in [9.17, 15) is 5.11 Å². The minimum Gasteiger partial charge on any atom is -0.393 e. The number of allylic oxidation sites excluding steroid dienone is 1. The average Bonchev–Trinajstić information content (AvgIpc) is 2.04. The maximum Gasteiger partial charge on any atom is 0.0581 e. The van der Waals surface area contributed by atoms with Crippen LogP contribution in [0, 0.1) is 5.92 Å². The van der Waals surface area contributed by atoms with Gasteiger partial charge in [-0.2, -0.15) is 0 Å². The fourth-order valence-electron chi connectivity index (χ4n) is 2.41. The van der Waals surface area contributed by atoms with Crippen molar-refractivity contribution >= 4 is 0 Å². The van der Waals surface area contributed by atoms with E-state index in [1.54, 1.807) is 0 Å². The van der Waals surface area contributed by atoms with E-state index in [2.05, 4.69) is 18.0 Å². The molecule has 0 spiro atoms. The van der Waals surface area contributed by atoms with Gasteiger partial charge in [-0.25, -0.2) is 0 Å². The van der Waals surface area contributed by atoms with Crippen LogP contribution in [-0.4, -0.2) is 29.7 Å². The van der Waals surface area contributed by atoms with E-state index in [-0.39, 0.29) is 6.10 Å². The van der Waals surface area contributed by atoms with Crippen LogP contribution in [0.1, 0.15) is 25.7 Å². The van der Waals surface area contributed by atoms with E-state index in [1.807, 2.05) is 0 Å². The van der Waals surface area contributed by atoms with Gasteiger partial charge in [0.2, 0.25) is 0 Å². The summed E-state index contributed by atoms with van der Waals surface area (Å²) in [6, 6.07) is 0. The smallest absolute Gasteiger partial charge is 0.0581 e. The highest BCUT2D eigenvalue weighted by Crippen LogP contribution is 2.33. The molecule has 1 aliphatic carbocycles. The van der Waals surface area contributed by atoms with Gasteiger partial charge in [0.15, 0.2) is 0 Å². The van der Waals surface area contributed by atoms with E-state index in [1.165, 1.54) is 25.1 Å². The third-order valence-corrected chi connectivity index (χ3v) is 3.06. The lowest BCUT2D eigenvalue weighted by molar-refractivity contribution is 0.119. The third kappa shape index (κ3) is 1.36. The summed E-state index contributed by atoms with van der Waals surface area (Å²) in [5.74, 6) is 0.646. The number of rotatable bonds is 0. The molecule has 2 rings (SSSR count). The summed E-state index contributed by atoms with van der Waals surface area (Å²) in [6.45, 7) is 1.19. The van der Waals surface area contributed by atoms with Crippen LogP contribution < -0.4 is 0 Å². The molecule has 0 aromatic heterocycles. The predicted octanol–water partition coefficient (Wildman–Crippen LogP) is 1.37. The van der Waals surface area contributed by atoms with Gasteiger partial charge in [-0.15, -0.1) is 0 Å². The second kappa shape index (κ2) is 3.09. The highest BCUT2D eigenvalue weighted by atomic mass is 16.3. The zero-order valence-corrected chi connectivity index (χ0v) is 7.66. The van der Waals surface area contributed by atoms with Crippen molar-refractivity contribution in [1.29, 1.82) is 0 Å². The molecule has 1 N–H and O–H groups in total. The molecule has 1 heterocycles. The lowest BCUT2D eigenvalue weighted by Gasteiger charge is -2.38. The van der Waals surface area contributed by atoms with Gasteiger partial charge in [0.25, 0.3) is 0 Å². The summed E-state index contributed by atoms with van der Waals surface area (Å²) in [4.78, 5) is 2.35. The Labute approximate surface area is 73.9 Å². The Morgan fingerprint density at radius 1 is 1.58 bits per heavy atom. The predicted molar refractivity (Wildman–Crippen MR) is 48.7 cm³/mol. The number of piperidine rings is 1. The van der Waals surface area contributed by atoms with Gasteiger partial charge < -0.3 is 10.0 Å². The quantitative estimate of drug-likeness (QED) is 0.589. The van der Waals surface area contributed by atoms with Crippen LogP contribution >= 0.6 is 0 Å². The van der Waals surface area contributed by atoms with Gasteiger partial charge in [-0.3, -0.25) is 0 Å². The van der Waals surface area contributed by atoms with Crippen LogP contribution in [0.5, 0.6) is 0 Å². The van der Waals surface area contributed by atoms with Gasteiger partial charge in [0, 0.05) is 25.2 Å². The normalized spacial score (nSPS) is 35.8. The van der Waals surface area contributed by atoms with Crippen molar-refractivity contribution in [2.24, 2.45) is 5.92 Å². The third-order valence-electron chi connectivity index (χ3n) is 3.06.